The lowest BCUT2D eigenvalue weighted by Gasteiger charge is -2.09. The number of hydrogen-bond donors (Lipinski definition) is 1. The third-order valence-corrected chi connectivity index (χ3v) is 2.11. The van der Waals surface area contributed by atoms with E-state index >= 15 is 0 Å². The van der Waals surface area contributed by atoms with E-state index in [1.165, 1.54) is 0 Å². The van der Waals surface area contributed by atoms with Gasteiger partial charge in [0.1, 0.15) is 0 Å². The summed E-state index contributed by atoms with van der Waals surface area (Å²) in [6.45, 7) is 2.29. The van der Waals surface area contributed by atoms with Crippen LogP contribution in [0.5, 0.6) is 5.75 Å². The Hall–Kier alpha value is -1.69. The molecule has 0 aromatic heterocycles. The summed E-state index contributed by atoms with van der Waals surface area (Å²) in [4.78, 5) is 0. The van der Waals surface area contributed by atoms with Gasteiger partial charge in [0.05, 0.1) is 12.3 Å². The molecule has 0 fully saturated rings. The van der Waals surface area contributed by atoms with Crippen LogP contribution >= 0.6 is 0 Å². The zero-order valence-electron chi connectivity index (χ0n) is 9.64. The monoisotopic (exact) mass is 221 g/mol. The van der Waals surface area contributed by atoms with Crippen LogP contribution in [-0.2, 0) is 0 Å². The fourth-order valence-electron chi connectivity index (χ4n) is 1.28. The number of nitrogens with one attached hydrogen (secondary N) is 1. The molecular weight excluding hydrogens is 205 g/mol. The maximum atomic E-state index is 13.6. The molecule has 1 aromatic rings. The van der Waals surface area contributed by atoms with Gasteiger partial charge in [0, 0.05) is 13.5 Å². The number of unbranched alkanes of at least 4 members (excludes halogenated alkanes) is 1. The molecule has 0 atom stereocenters. The van der Waals surface area contributed by atoms with E-state index in [1.807, 2.05) is 0 Å². The fourth-order valence-corrected chi connectivity index (χ4v) is 1.28. The second-order valence-electron chi connectivity index (χ2n) is 3.25. The summed E-state index contributed by atoms with van der Waals surface area (Å²) in [7, 11) is 1.68. The Labute approximate surface area is 95.8 Å². The number of anilines is 1. The van der Waals surface area contributed by atoms with Crippen molar-refractivity contribution in [3.8, 4) is 17.6 Å². The number of hydrogen-bond acceptors (Lipinski definition) is 2. The van der Waals surface area contributed by atoms with E-state index in [2.05, 4.69) is 17.2 Å². The van der Waals surface area contributed by atoms with Crippen LogP contribution in [0.1, 0.15) is 19.8 Å². The molecule has 0 aliphatic heterocycles. The van der Waals surface area contributed by atoms with Gasteiger partial charge in [-0.15, -0.1) is 11.8 Å². The van der Waals surface area contributed by atoms with Gasteiger partial charge in [-0.1, -0.05) is 6.07 Å². The third kappa shape index (κ3) is 3.47. The van der Waals surface area contributed by atoms with E-state index in [-0.39, 0.29) is 11.6 Å². The normalized spacial score (nSPS) is 9.19. The molecule has 0 aliphatic carbocycles. The number of ether oxygens (including phenoxy) is 1. The molecule has 1 rings (SSSR count). The largest absolute Gasteiger partial charge is 0.490 e. The molecule has 2 nitrogen and oxygen atoms in total. The minimum Gasteiger partial charge on any atom is -0.490 e. The number of rotatable bonds is 5. The second kappa shape index (κ2) is 6.73. The first-order valence-corrected chi connectivity index (χ1v) is 5.28. The molecule has 0 bridgehead atoms. The lowest BCUT2D eigenvalue weighted by Crippen LogP contribution is -2.01. The van der Waals surface area contributed by atoms with Crippen molar-refractivity contribution in [2.75, 3.05) is 19.0 Å². The Kier molecular flexibility index (Phi) is 5.21. The maximum Gasteiger partial charge on any atom is 0.188 e. The topological polar surface area (TPSA) is 21.3 Å². The summed E-state index contributed by atoms with van der Waals surface area (Å²) in [5.41, 5.74) is 0.450. The van der Waals surface area contributed by atoms with E-state index in [4.69, 9.17) is 4.74 Å². The molecule has 0 saturated heterocycles. The first-order valence-electron chi connectivity index (χ1n) is 5.28. The van der Waals surface area contributed by atoms with Crippen molar-refractivity contribution in [3.05, 3.63) is 24.0 Å². The second-order valence-corrected chi connectivity index (χ2v) is 3.25. The van der Waals surface area contributed by atoms with Crippen molar-refractivity contribution in [1.29, 1.82) is 0 Å². The van der Waals surface area contributed by atoms with Crippen molar-refractivity contribution in [3.63, 3.8) is 0 Å². The highest BCUT2D eigenvalue weighted by molar-refractivity contribution is 5.49. The van der Waals surface area contributed by atoms with Crippen molar-refractivity contribution in [2.24, 2.45) is 0 Å². The summed E-state index contributed by atoms with van der Waals surface area (Å²) < 4.78 is 19.0. The highest BCUT2D eigenvalue weighted by Gasteiger charge is 2.06. The highest BCUT2D eigenvalue weighted by Crippen LogP contribution is 2.23. The minimum atomic E-state index is -0.341. The molecular formula is C13H16FNO. The van der Waals surface area contributed by atoms with Crippen molar-refractivity contribution in [1.82, 2.24) is 0 Å². The molecule has 1 aromatic carbocycles. The van der Waals surface area contributed by atoms with Gasteiger partial charge in [-0.05, 0) is 25.5 Å². The molecule has 0 unspecified atom stereocenters. The molecule has 0 saturated carbocycles. The predicted molar refractivity (Wildman–Crippen MR) is 64.1 cm³/mol. The van der Waals surface area contributed by atoms with Crippen LogP contribution in [-0.4, -0.2) is 13.7 Å². The number of benzene rings is 1. The quantitative estimate of drug-likeness (QED) is 0.609. The molecule has 0 amide bonds. The van der Waals surface area contributed by atoms with Gasteiger partial charge < -0.3 is 10.1 Å². The first kappa shape index (κ1) is 12.4. The molecule has 1 N–H and O–H groups in total. The van der Waals surface area contributed by atoms with E-state index in [9.17, 15) is 4.39 Å². The van der Waals surface area contributed by atoms with E-state index in [0.29, 0.717) is 12.3 Å². The van der Waals surface area contributed by atoms with Gasteiger partial charge in [0.15, 0.2) is 11.6 Å². The zero-order valence-corrected chi connectivity index (χ0v) is 9.64. The van der Waals surface area contributed by atoms with Crippen LogP contribution < -0.4 is 10.1 Å². The predicted octanol–water partition coefficient (Wildman–Crippen LogP) is 3.05. The highest BCUT2D eigenvalue weighted by atomic mass is 19.1. The van der Waals surface area contributed by atoms with Gasteiger partial charge in [-0.25, -0.2) is 4.39 Å². The Balaban J connectivity index is 2.49. The van der Waals surface area contributed by atoms with Crippen LogP contribution in [0.25, 0.3) is 0 Å². The maximum absolute atomic E-state index is 13.6. The van der Waals surface area contributed by atoms with Gasteiger partial charge >= 0.3 is 0 Å². The summed E-state index contributed by atoms with van der Waals surface area (Å²) >= 11 is 0. The molecule has 0 radical (unpaired) electrons. The van der Waals surface area contributed by atoms with Crippen LogP contribution in [0.2, 0.25) is 0 Å². The zero-order chi connectivity index (χ0) is 11.8. The molecule has 86 valence electrons. The summed E-state index contributed by atoms with van der Waals surface area (Å²) in [6, 6.07) is 5.06. The van der Waals surface area contributed by atoms with Gasteiger partial charge in [-0.3, -0.25) is 0 Å². The summed E-state index contributed by atoms with van der Waals surface area (Å²) in [6.07, 6.45) is 1.59. The van der Waals surface area contributed by atoms with Crippen LogP contribution in [0, 0.1) is 17.7 Å². The number of halogens is 1. The summed E-state index contributed by atoms with van der Waals surface area (Å²) in [5, 5.41) is 2.77. The van der Waals surface area contributed by atoms with Crippen molar-refractivity contribution < 1.29 is 9.13 Å². The lowest BCUT2D eigenvalue weighted by atomic mass is 10.3. The van der Waals surface area contributed by atoms with Crippen LogP contribution in [0.4, 0.5) is 10.1 Å². The molecule has 0 aliphatic rings. The van der Waals surface area contributed by atoms with Crippen molar-refractivity contribution >= 4 is 5.69 Å². The minimum absolute atomic E-state index is 0.288. The SMILES string of the molecule is CC#CCCCOc1cccc(NC)c1F. The Morgan fingerprint density at radius 3 is 2.94 bits per heavy atom. The first-order chi connectivity index (χ1) is 7.79. The van der Waals surface area contributed by atoms with Crippen molar-refractivity contribution in [2.45, 2.75) is 19.8 Å². The molecule has 0 heterocycles. The van der Waals surface area contributed by atoms with Gasteiger partial charge in [0.25, 0.3) is 0 Å². The Morgan fingerprint density at radius 2 is 2.25 bits per heavy atom. The Bertz CT molecular complexity index is 393. The van der Waals surface area contributed by atoms with Crippen LogP contribution in [0.3, 0.4) is 0 Å². The fraction of sp³-hybridized carbons (Fsp3) is 0.385. The van der Waals surface area contributed by atoms with Gasteiger partial charge in [0.2, 0.25) is 0 Å². The molecule has 0 spiro atoms. The van der Waals surface area contributed by atoms with E-state index in [1.54, 1.807) is 32.2 Å². The Morgan fingerprint density at radius 1 is 1.44 bits per heavy atom. The molecule has 16 heavy (non-hydrogen) atoms. The third-order valence-electron chi connectivity index (χ3n) is 2.11. The van der Waals surface area contributed by atoms with Crippen LogP contribution in [0.15, 0.2) is 18.2 Å². The lowest BCUT2D eigenvalue weighted by molar-refractivity contribution is 0.298. The van der Waals surface area contributed by atoms with E-state index in [0.717, 1.165) is 12.8 Å². The van der Waals surface area contributed by atoms with E-state index < -0.39 is 0 Å². The molecule has 3 heteroatoms. The average molecular weight is 221 g/mol. The van der Waals surface area contributed by atoms with Gasteiger partial charge in [-0.2, -0.15) is 0 Å². The standard InChI is InChI=1S/C13H16FNO/c1-3-4-5-6-10-16-12-9-7-8-11(15-2)13(12)14/h7-9,15H,5-6,10H2,1-2H3. The average Bonchev–Trinajstić information content (AvgIpc) is 2.31. The smallest absolute Gasteiger partial charge is 0.188 e. The summed E-state index contributed by atoms with van der Waals surface area (Å²) in [5.74, 6) is 5.69.